The molecule has 0 spiro atoms. The molecule has 0 fully saturated rings. The monoisotopic (exact) mass is 438 g/mol. The number of anilines is 2. The van der Waals surface area contributed by atoms with E-state index in [0.717, 1.165) is 6.42 Å². The molecule has 6 nitrogen and oxygen atoms in total. The van der Waals surface area contributed by atoms with Gasteiger partial charge in [-0.2, -0.15) is 0 Å². The number of nitrogens with one attached hydrogen (secondary N) is 2. The Morgan fingerprint density at radius 3 is 2.48 bits per heavy atom. The van der Waals surface area contributed by atoms with E-state index in [4.69, 9.17) is 9.47 Å². The first-order valence-corrected chi connectivity index (χ1v) is 10.9. The summed E-state index contributed by atoms with van der Waals surface area (Å²) in [4.78, 5) is 25.1. The van der Waals surface area contributed by atoms with Crippen molar-refractivity contribution in [1.29, 1.82) is 0 Å². The lowest BCUT2D eigenvalue weighted by atomic mass is 9.99. The van der Waals surface area contributed by atoms with Gasteiger partial charge in [-0.15, -0.1) is 11.3 Å². The Bertz CT molecular complexity index is 1020. The van der Waals surface area contributed by atoms with E-state index in [-0.39, 0.29) is 18.4 Å². The van der Waals surface area contributed by atoms with Crippen LogP contribution in [0.1, 0.15) is 41.4 Å². The third-order valence-electron chi connectivity index (χ3n) is 4.91. The molecule has 3 rings (SSSR count). The van der Waals surface area contributed by atoms with Crippen LogP contribution in [-0.4, -0.2) is 25.5 Å². The van der Waals surface area contributed by atoms with Crippen LogP contribution in [0.4, 0.5) is 11.4 Å². The Labute approximate surface area is 186 Å². The number of hydrogen-bond donors (Lipinski definition) is 2. The molecule has 2 amide bonds. The fourth-order valence-electron chi connectivity index (χ4n) is 2.94. The highest BCUT2D eigenvalue weighted by Crippen LogP contribution is 2.29. The van der Waals surface area contributed by atoms with Crippen molar-refractivity contribution >= 4 is 34.5 Å². The van der Waals surface area contributed by atoms with E-state index in [1.807, 2.05) is 35.7 Å². The van der Waals surface area contributed by atoms with Gasteiger partial charge >= 0.3 is 0 Å². The smallest absolute Gasteiger partial charge is 0.265 e. The van der Waals surface area contributed by atoms with Crippen LogP contribution in [0.2, 0.25) is 0 Å². The first-order valence-electron chi connectivity index (χ1n) is 10.1. The second-order valence-electron chi connectivity index (χ2n) is 7.06. The van der Waals surface area contributed by atoms with Gasteiger partial charge in [0.05, 0.1) is 17.7 Å². The molecule has 31 heavy (non-hydrogen) atoms. The molecule has 0 aliphatic carbocycles. The zero-order valence-electron chi connectivity index (χ0n) is 17.8. The highest BCUT2D eigenvalue weighted by atomic mass is 32.1. The molecule has 0 radical (unpaired) electrons. The van der Waals surface area contributed by atoms with E-state index in [0.29, 0.717) is 33.7 Å². The summed E-state index contributed by atoms with van der Waals surface area (Å²) in [5, 5.41) is 7.44. The molecule has 3 aromatic rings. The maximum absolute atomic E-state index is 12.3. The first-order chi connectivity index (χ1) is 15.0. The SMILES string of the molecule is CCC(C)c1ccc(OCC(=O)Nc2ccc(NC(=O)c3cccs3)c(OC)c2)cc1. The van der Waals surface area contributed by atoms with Gasteiger partial charge in [0, 0.05) is 11.8 Å². The summed E-state index contributed by atoms with van der Waals surface area (Å²) < 4.78 is 10.9. The lowest BCUT2D eigenvalue weighted by Gasteiger charge is -2.13. The summed E-state index contributed by atoms with van der Waals surface area (Å²) >= 11 is 1.36. The highest BCUT2D eigenvalue weighted by Gasteiger charge is 2.12. The molecule has 0 aliphatic rings. The number of hydrogen-bond acceptors (Lipinski definition) is 5. The van der Waals surface area contributed by atoms with Crippen molar-refractivity contribution in [2.45, 2.75) is 26.2 Å². The third-order valence-corrected chi connectivity index (χ3v) is 5.78. The van der Waals surface area contributed by atoms with E-state index < -0.39 is 0 Å². The number of carbonyl (C=O) groups excluding carboxylic acids is 2. The number of amides is 2. The molecule has 0 saturated carbocycles. The second-order valence-corrected chi connectivity index (χ2v) is 8.01. The topological polar surface area (TPSA) is 76.7 Å². The molecule has 0 saturated heterocycles. The van der Waals surface area contributed by atoms with Gasteiger partial charge < -0.3 is 20.1 Å². The maximum Gasteiger partial charge on any atom is 0.265 e. The van der Waals surface area contributed by atoms with E-state index in [9.17, 15) is 9.59 Å². The van der Waals surface area contributed by atoms with Gasteiger partial charge in [0.25, 0.3) is 11.8 Å². The first kappa shape index (κ1) is 22.4. The highest BCUT2D eigenvalue weighted by molar-refractivity contribution is 7.12. The summed E-state index contributed by atoms with van der Waals surface area (Å²) in [5.74, 6) is 1.09. The molecule has 7 heteroatoms. The van der Waals surface area contributed by atoms with Gasteiger partial charge in [0.15, 0.2) is 6.61 Å². The maximum atomic E-state index is 12.3. The number of thiophene rings is 1. The van der Waals surface area contributed by atoms with Crippen LogP contribution >= 0.6 is 11.3 Å². The van der Waals surface area contributed by atoms with Crippen molar-refractivity contribution < 1.29 is 19.1 Å². The lowest BCUT2D eigenvalue weighted by molar-refractivity contribution is -0.118. The van der Waals surface area contributed by atoms with Crippen LogP contribution in [0, 0.1) is 0 Å². The summed E-state index contributed by atoms with van der Waals surface area (Å²) in [6.45, 7) is 4.22. The number of carbonyl (C=O) groups is 2. The Kier molecular flexibility index (Phi) is 7.67. The molecule has 162 valence electrons. The normalized spacial score (nSPS) is 11.5. The minimum absolute atomic E-state index is 0.109. The van der Waals surface area contributed by atoms with Crippen molar-refractivity contribution in [3.8, 4) is 11.5 Å². The summed E-state index contributed by atoms with van der Waals surface area (Å²) in [7, 11) is 1.51. The Morgan fingerprint density at radius 2 is 1.84 bits per heavy atom. The minimum Gasteiger partial charge on any atom is -0.494 e. The van der Waals surface area contributed by atoms with Gasteiger partial charge in [-0.3, -0.25) is 9.59 Å². The van der Waals surface area contributed by atoms with Crippen molar-refractivity contribution in [2.75, 3.05) is 24.4 Å². The zero-order chi connectivity index (χ0) is 22.2. The van der Waals surface area contributed by atoms with Crippen molar-refractivity contribution in [1.82, 2.24) is 0 Å². The quantitative estimate of drug-likeness (QED) is 0.460. The number of benzene rings is 2. The Hall–Kier alpha value is -3.32. The van der Waals surface area contributed by atoms with E-state index >= 15 is 0 Å². The zero-order valence-corrected chi connectivity index (χ0v) is 18.6. The van der Waals surface area contributed by atoms with Crippen LogP contribution < -0.4 is 20.1 Å². The number of rotatable bonds is 9. The Morgan fingerprint density at radius 1 is 1.06 bits per heavy atom. The van der Waals surface area contributed by atoms with Crippen LogP contribution in [0.25, 0.3) is 0 Å². The second kappa shape index (κ2) is 10.6. The van der Waals surface area contributed by atoms with Gasteiger partial charge in [0.2, 0.25) is 0 Å². The molecule has 1 heterocycles. The average molecular weight is 439 g/mol. The van der Waals surface area contributed by atoms with E-state index in [2.05, 4.69) is 24.5 Å². The molecule has 0 aliphatic heterocycles. The van der Waals surface area contributed by atoms with Crippen molar-refractivity contribution in [2.24, 2.45) is 0 Å². The van der Waals surface area contributed by atoms with Crippen LogP contribution in [0.3, 0.4) is 0 Å². The third kappa shape index (κ3) is 6.08. The van der Waals surface area contributed by atoms with Gasteiger partial charge in [-0.1, -0.05) is 32.0 Å². The summed E-state index contributed by atoms with van der Waals surface area (Å²) in [6.07, 6.45) is 1.07. The molecule has 1 aromatic heterocycles. The fourth-order valence-corrected chi connectivity index (χ4v) is 3.56. The predicted molar refractivity (Wildman–Crippen MR) is 125 cm³/mol. The minimum atomic E-state index is -0.288. The van der Waals surface area contributed by atoms with Crippen molar-refractivity contribution in [3.63, 3.8) is 0 Å². The molecule has 2 N–H and O–H groups in total. The van der Waals surface area contributed by atoms with Crippen LogP contribution in [-0.2, 0) is 4.79 Å². The van der Waals surface area contributed by atoms with Gasteiger partial charge in [-0.05, 0) is 53.6 Å². The van der Waals surface area contributed by atoms with Gasteiger partial charge in [0.1, 0.15) is 11.5 Å². The number of ether oxygens (including phenoxy) is 2. The largest absolute Gasteiger partial charge is 0.494 e. The molecular formula is C24H26N2O4S. The molecule has 1 unspecified atom stereocenters. The summed E-state index contributed by atoms with van der Waals surface area (Å²) in [6, 6.07) is 16.4. The molecule has 2 aromatic carbocycles. The molecule has 0 bridgehead atoms. The molecular weight excluding hydrogens is 412 g/mol. The number of methoxy groups -OCH3 is 1. The van der Waals surface area contributed by atoms with E-state index in [1.165, 1.54) is 24.0 Å². The Balaban J connectivity index is 1.56. The van der Waals surface area contributed by atoms with Gasteiger partial charge in [-0.25, -0.2) is 0 Å². The summed E-state index contributed by atoms with van der Waals surface area (Å²) in [5.41, 5.74) is 2.32. The standard InChI is InChI=1S/C24H26N2O4S/c1-4-16(2)17-7-10-19(11-8-17)30-15-23(27)25-18-9-12-20(21(14-18)29-3)26-24(28)22-6-5-13-31-22/h5-14,16H,4,15H2,1-3H3,(H,25,27)(H,26,28). The van der Waals surface area contributed by atoms with Crippen LogP contribution in [0.5, 0.6) is 11.5 Å². The van der Waals surface area contributed by atoms with Crippen molar-refractivity contribution in [3.05, 3.63) is 70.4 Å². The molecule has 1 atom stereocenters. The van der Waals surface area contributed by atoms with E-state index in [1.54, 1.807) is 24.3 Å². The fraction of sp³-hybridized carbons (Fsp3) is 0.250. The average Bonchev–Trinajstić information content (AvgIpc) is 3.33. The predicted octanol–water partition coefficient (Wildman–Crippen LogP) is 5.54. The van der Waals surface area contributed by atoms with Crippen LogP contribution in [0.15, 0.2) is 60.0 Å². The lowest BCUT2D eigenvalue weighted by Crippen LogP contribution is -2.20.